The number of rotatable bonds is 9. The molecule has 1 rings (SSSR count). The number of benzene rings is 1. The Labute approximate surface area is 156 Å². The molecule has 138 valence electrons. The molecule has 24 heavy (non-hydrogen) atoms. The minimum atomic E-state index is 0.698. The van der Waals surface area contributed by atoms with Gasteiger partial charge in [0.25, 0.3) is 0 Å². The maximum Gasteiger partial charge on any atom is 0.0192 e. The predicted octanol–water partition coefficient (Wildman–Crippen LogP) is 7.43. The van der Waals surface area contributed by atoms with E-state index in [0.29, 0.717) is 5.25 Å². The van der Waals surface area contributed by atoms with Crippen LogP contribution in [0.5, 0.6) is 0 Å². The van der Waals surface area contributed by atoms with Crippen molar-refractivity contribution in [1.29, 1.82) is 0 Å². The first-order valence-corrected chi connectivity index (χ1v) is 10.9. The summed E-state index contributed by atoms with van der Waals surface area (Å²) in [5.41, 5.74) is 9.65. The van der Waals surface area contributed by atoms with E-state index < -0.39 is 0 Å². The molecule has 0 spiro atoms. The highest BCUT2D eigenvalue weighted by molar-refractivity contribution is 7.99. The van der Waals surface area contributed by atoms with Gasteiger partial charge in [-0.2, -0.15) is 11.8 Å². The van der Waals surface area contributed by atoms with E-state index in [9.17, 15) is 0 Å². The van der Waals surface area contributed by atoms with Crippen molar-refractivity contribution in [3.8, 4) is 0 Å². The van der Waals surface area contributed by atoms with Crippen molar-refractivity contribution in [3.05, 3.63) is 33.4 Å². The van der Waals surface area contributed by atoms with E-state index in [-0.39, 0.29) is 0 Å². The normalized spacial score (nSPS) is 12.0. The van der Waals surface area contributed by atoms with Gasteiger partial charge in [0.2, 0.25) is 0 Å². The summed E-state index contributed by atoms with van der Waals surface area (Å²) in [5, 5.41) is 0.698. The van der Waals surface area contributed by atoms with Gasteiger partial charge in [-0.05, 0) is 96.9 Å². The fraction of sp³-hybridized carbons (Fsp3) is 0.739. The lowest BCUT2D eigenvalue weighted by atomic mass is 9.84. The molecule has 0 heterocycles. The average molecular weight is 349 g/mol. The van der Waals surface area contributed by atoms with Gasteiger partial charge < -0.3 is 0 Å². The Kier molecular flexibility index (Phi) is 8.91. The van der Waals surface area contributed by atoms with E-state index in [4.69, 9.17) is 0 Å². The molecule has 0 amide bonds. The molecule has 0 aliphatic carbocycles. The van der Waals surface area contributed by atoms with Crippen molar-refractivity contribution in [2.75, 3.05) is 0 Å². The van der Waals surface area contributed by atoms with Crippen LogP contribution in [0.2, 0.25) is 0 Å². The second-order valence-electron chi connectivity index (χ2n) is 8.54. The summed E-state index contributed by atoms with van der Waals surface area (Å²) in [4.78, 5) is 0. The molecular formula is C23H40S. The first-order chi connectivity index (χ1) is 11.1. The number of hydrogen-bond acceptors (Lipinski definition) is 1. The molecule has 0 aliphatic heterocycles. The van der Waals surface area contributed by atoms with Crippen molar-refractivity contribution in [2.24, 2.45) is 11.8 Å². The minimum Gasteiger partial charge on any atom is -0.154 e. The molecule has 0 aliphatic rings. The van der Waals surface area contributed by atoms with E-state index in [1.807, 2.05) is 0 Å². The van der Waals surface area contributed by atoms with Crippen molar-refractivity contribution < 1.29 is 0 Å². The van der Waals surface area contributed by atoms with Gasteiger partial charge in [-0.25, -0.2) is 0 Å². The van der Waals surface area contributed by atoms with Crippen LogP contribution < -0.4 is 0 Å². The summed E-state index contributed by atoms with van der Waals surface area (Å²) in [7, 11) is 0. The first-order valence-electron chi connectivity index (χ1n) is 9.87. The average Bonchev–Trinajstić information content (AvgIpc) is 2.45. The summed E-state index contributed by atoms with van der Waals surface area (Å²) in [6.07, 6.45) is 5.07. The number of thioether (sulfide) groups is 1. The van der Waals surface area contributed by atoms with Gasteiger partial charge in [-0.1, -0.05) is 41.5 Å². The van der Waals surface area contributed by atoms with Crippen molar-refractivity contribution in [1.82, 2.24) is 0 Å². The maximum absolute atomic E-state index is 2.38. The summed E-state index contributed by atoms with van der Waals surface area (Å²) in [5.74, 6) is 2.72. The molecule has 0 atom stereocenters. The zero-order valence-electron chi connectivity index (χ0n) is 17.7. The topological polar surface area (TPSA) is 0 Å². The second kappa shape index (κ2) is 9.90. The van der Waals surface area contributed by atoms with Crippen LogP contribution in [0.1, 0.15) is 87.8 Å². The molecule has 0 radical (unpaired) electrons. The smallest absolute Gasteiger partial charge is 0.0192 e. The standard InChI is InChI=1S/C23H40S/c1-15(2)10-12-21-18(7)22(13-11-16(3)4)20(9)23(19(21)8)14-24-17(5)6/h15-17H,10-14H2,1-9H3. The lowest BCUT2D eigenvalue weighted by molar-refractivity contribution is 0.577. The van der Waals surface area contributed by atoms with E-state index >= 15 is 0 Å². The van der Waals surface area contributed by atoms with E-state index in [1.165, 1.54) is 31.4 Å². The quantitative estimate of drug-likeness (QED) is 0.447. The van der Waals surface area contributed by atoms with Gasteiger partial charge in [0.1, 0.15) is 0 Å². The minimum absolute atomic E-state index is 0.698. The molecule has 0 N–H and O–H groups in total. The Balaban J connectivity index is 3.29. The van der Waals surface area contributed by atoms with Gasteiger partial charge in [0.05, 0.1) is 0 Å². The first kappa shape index (κ1) is 21.6. The molecule has 1 aromatic rings. The van der Waals surface area contributed by atoms with Crippen molar-refractivity contribution >= 4 is 11.8 Å². The second-order valence-corrected chi connectivity index (χ2v) is 10.1. The molecule has 0 aromatic heterocycles. The Morgan fingerprint density at radius 2 is 1.00 bits per heavy atom. The molecule has 0 saturated carbocycles. The lowest BCUT2D eigenvalue weighted by Gasteiger charge is -2.24. The van der Waals surface area contributed by atoms with E-state index in [2.05, 4.69) is 74.1 Å². The third kappa shape index (κ3) is 6.14. The molecule has 0 fully saturated rings. The van der Waals surface area contributed by atoms with Gasteiger partial charge in [-0.3, -0.25) is 0 Å². The van der Waals surface area contributed by atoms with Crippen LogP contribution in [0.25, 0.3) is 0 Å². The highest BCUT2D eigenvalue weighted by Gasteiger charge is 2.17. The zero-order chi connectivity index (χ0) is 18.4. The molecule has 0 saturated heterocycles. The predicted molar refractivity (Wildman–Crippen MR) is 113 cm³/mol. The maximum atomic E-state index is 2.38. The summed E-state index contributed by atoms with van der Waals surface area (Å²) >= 11 is 2.08. The number of hydrogen-bond donors (Lipinski definition) is 0. The molecule has 0 unspecified atom stereocenters. The van der Waals surface area contributed by atoms with Crippen LogP contribution in [-0.2, 0) is 18.6 Å². The van der Waals surface area contributed by atoms with Crippen LogP contribution >= 0.6 is 11.8 Å². The fourth-order valence-electron chi connectivity index (χ4n) is 3.47. The molecule has 1 heteroatoms. The zero-order valence-corrected chi connectivity index (χ0v) is 18.5. The third-order valence-corrected chi connectivity index (χ3v) is 6.34. The van der Waals surface area contributed by atoms with Gasteiger partial charge in [-0.15, -0.1) is 0 Å². The van der Waals surface area contributed by atoms with Gasteiger partial charge in [0.15, 0.2) is 0 Å². The Bertz CT molecular complexity index is 426. The van der Waals surface area contributed by atoms with Crippen LogP contribution in [0.15, 0.2) is 0 Å². The third-order valence-electron chi connectivity index (χ3n) is 5.22. The molecule has 0 bridgehead atoms. The Morgan fingerprint density at radius 3 is 1.33 bits per heavy atom. The summed E-state index contributed by atoms with van der Waals surface area (Å²) in [6, 6.07) is 0. The van der Waals surface area contributed by atoms with Crippen molar-refractivity contribution in [3.63, 3.8) is 0 Å². The van der Waals surface area contributed by atoms with Gasteiger partial charge >= 0.3 is 0 Å². The van der Waals surface area contributed by atoms with Gasteiger partial charge in [0, 0.05) is 5.75 Å². The Hall–Kier alpha value is -0.430. The van der Waals surface area contributed by atoms with Crippen molar-refractivity contribution in [2.45, 2.75) is 99.0 Å². The largest absolute Gasteiger partial charge is 0.154 e. The molecule has 1 aromatic carbocycles. The Morgan fingerprint density at radius 1 is 0.625 bits per heavy atom. The summed E-state index contributed by atoms with van der Waals surface area (Å²) in [6.45, 7) is 21.1. The van der Waals surface area contributed by atoms with E-state index in [1.54, 1.807) is 33.4 Å². The fourth-order valence-corrected chi connectivity index (χ4v) is 4.41. The van der Waals surface area contributed by atoms with Crippen LogP contribution in [0.3, 0.4) is 0 Å². The SMILES string of the molecule is Cc1c(CCC(C)C)c(C)c(CSC(C)C)c(C)c1CCC(C)C. The van der Waals surface area contributed by atoms with E-state index in [0.717, 1.165) is 11.8 Å². The molecular weight excluding hydrogens is 308 g/mol. The monoisotopic (exact) mass is 348 g/mol. The summed E-state index contributed by atoms with van der Waals surface area (Å²) < 4.78 is 0. The lowest BCUT2D eigenvalue weighted by Crippen LogP contribution is -2.09. The van der Waals surface area contributed by atoms with Crippen LogP contribution in [0, 0.1) is 32.6 Å². The highest BCUT2D eigenvalue weighted by Crippen LogP contribution is 2.33. The van der Waals surface area contributed by atoms with Crippen LogP contribution in [0.4, 0.5) is 0 Å². The van der Waals surface area contributed by atoms with Crippen LogP contribution in [-0.4, -0.2) is 5.25 Å². The molecule has 0 nitrogen and oxygen atoms in total. The highest BCUT2D eigenvalue weighted by atomic mass is 32.2.